The number of allylic oxidation sites excluding steroid dienone is 2. The number of aliphatic hydroxyl groups excluding tert-OH is 1. The van der Waals surface area contributed by atoms with Crippen molar-refractivity contribution >= 4 is 29.3 Å². The fourth-order valence-electron chi connectivity index (χ4n) is 13.5. The third-order valence-electron chi connectivity index (χ3n) is 16.7. The summed E-state index contributed by atoms with van der Waals surface area (Å²) in [6.07, 6.45) is 11.4. The number of aliphatic hydroxyl groups is 1. The van der Waals surface area contributed by atoms with Crippen molar-refractivity contribution in [1.82, 2.24) is 15.3 Å². The second-order valence-corrected chi connectivity index (χ2v) is 21.1. The van der Waals surface area contributed by atoms with Gasteiger partial charge in [-0.05, 0) is 129 Å². The Labute approximate surface area is 327 Å². The number of ether oxygens (including phenoxy) is 1. The Morgan fingerprint density at radius 1 is 0.981 bits per heavy atom. The van der Waals surface area contributed by atoms with E-state index in [1.165, 1.54) is 5.57 Å². The predicted octanol–water partition coefficient (Wildman–Crippen LogP) is 8.32. The smallest absolute Gasteiger partial charge is 0.309 e. The molecule has 0 amide bonds. The van der Waals surface area contributed by atoms with E-state index in [1.807, 2.05) is 0 Å². The number of carboxylic acids is 1. The van der Waals surface area contributed by atoms with Crippen LogP contribution in [-0.4, -0.2) is 56.7 Å². The number of carbonyl (C=O) groups excluding carboxylic acids is 2. The monoisotopic (exact) mass is 765 g/mol. The van der Waals surface area contributed by atoms with E-state index in [-0.39, 0.29) is 63.3 Å². The minimum Gasteiger partial charge on any atom is -0.481 e. The third kappa shape index (κ3) is 6.11. The molecular weight excluding hydrogens is 702 g/mol. The maximum atomic E-state index is 13.9. The summed E-state index contributed by atoms with van der Waals surface area (Å²) < 4.78 is 6.18. The minimum atomic E-state index is -1.18. The lowest BCUT2D eigenvalue weighted by atomic mass is 9.33. The Morgan fingerprint density at radius 2 is 1.65 bits per heavy atom. The van der Waals surface area contributed by atoms with Crippen LogP contribution in [0, 0.1) is 62.6 Å². The SMILES string of the molecule is CC(C)C1=C2C(CC1=O)[C@@H]([C@H](O)CNC1(c3ncc(Cl)cn3)CC1)C[C@]1(C)[C@@H]2CC[C@@H]2[C@@]3(C)CC[C@H](OC(=O)CC(C)(C)C(=O)O)C(C)(C)[C@@H]3CC[C@]21C. The highest BCUT2D eigenvalue weighted by Crippen LogP contribution is 2.76. The quantitative estimate of drug-likeness (QED) is 0.201. The van der Waals surface area contributed by atoms with E-state index >= 15 is 0 Å². The number of Topliss-reactive ketones (excluding diaryl/α,β-unsaturated/α-hetero) is 1. The fourth-order valence-corrected chi connectivity index (χ4v) is 13.6. The summed E-state index contributed by atoms with van der Waals surface area (Å²) in [4.78, 5) is 47.9. The lowest BCUT2D eigenvalue weighted by molar-refractivity contribution is -0.236. The molecule has 0 radical (unpaired) electrons. The fraction of sp³-hybridized carbons (Fsp3) is 0.795. The summed E-state index contributed by atoms with van der Waals surface area (Å²) in [5, 5.41) is 26.1. The molecule has 3 N–H and O–H groups in total. The first-order chi connectivity index (χ1) is 25.1. The second-order valence-electron chi connectivity index (χ2n) is 20.7. The van der Waals surface area contributed by atoms with E-state index < -0.39 is 23.5 Å². The Bertz CT molecular complexity index is 1720. The number of carboxylic acid groups (broad SMARTS) is 1. The summed E-state index contributed by atoms with van der Waals surface area (Å²) in [7, 11) is 0. The molecular formula is C44H64ClN3O6. The number of aliphatic carboxylic acids is 1. The van der Waals surface area contributed by atoms with Gasteiger partial charge in [0.1, 0.15) is 11.9 Å². The van der Waals surface area contributed by atoms with E-state index in [9.17, 15) is 24.6 Å². The Hall–Kier alpha value is -2.36. The number of fused-ring (bicyclic) bond motifs is 7. The molecule has 5 saturated carbocycles. The first-order valence-corrected chi connectivity index (χ1v) is 21.1. The number of nitrogens with zero attached hydrogens (tertiary/aromatic N) is 2. The van der Waals surface area contributed by atoms with Gasteiger partial charge in [-0.1, -0.05) is 65.6 Å². The van der Waals surface area contributed by atoms with Gasteiger partial charge in [0, 0.05) is 30.8 Å². The molecule has 1 unspecified atom stereocenters. The van der Waals surface area contributed by atoms with Crippen molar-refractivity contribution in [3.8, 4) is 0 Å². The molecule has 9 nitrogen and oxygen atoms in total. The normalized spacial score (nSPS) is 38.6. The van der Waals surface area contributed by atoms with Crippen molar-refractivity contribution in [2.45, 2.75) is 151 Å². The van der Waals surface area contributed by atoms with Crippen molar-refractivity contribution in [3.63, 3.8) is 0 Å². The van der Waals surface area contributed by atoms with Crippen molar-refractivity contribution in [3.05, 3.63) is 34.4 Å². The molecule has 0 aliphatic heterocycles. The molecule has 10 heteroatoms. The van der Waals surface area contributed by atoms with Gasteiger partial charge in [-0.3, -0.25) is 14.4 Å². The van der Waals surface area contributed by atoms with Crippen LogP contribution in [0.2, 0.25) is 5.02 Å². The van der Waals surface area contributed by atoms with E-state index in [0.29, 0.717) is 35.7 Å². The summed E-state index contributed by atoms with van der Waals surface area (Å²) in [5.41, 5.74) is 0.503. The van der Waals surface area contributed by atoms with Gasteiger partial charge in [0.25, 0.3) is 0 Å². The number of nitrogens with one attached hydrogen (secondary N) is 1. The second kappa shape index (κ2) is 13.4. The van der Waals surface area contributed by atoms with Crippen LogP contribution in [0.25, 0.3) is 0 Å². The standard InChI is InChI=1S/C44H64ClN3O6/c1-24(2)35-29(49)18-26-27(30(50)23-48-44(16-17-44)37-46-21-25(45)22-47-37)19-43(9)28(36(26)35)10-11-32-41(7)14-13-33(54-34(51)20-39(3,4)38(52)53)40(5,6)31(41)12-15-42(32,43)8/h21-22,24,26-28,30-33,48,50H,10-20,23H2,1-9H3,(H,52,53)/t26?,27-,28+,30+,31-,32+,33-,41-,42+,43+/m0/s1. The van der Waals surface area contributed by atoms with Crippen LogP contribution in [0.5, 0.6) is 0 Å². The zero-order chi connectivity index (χ0) is 39.4. The van der Waals surface area contributed by atoms with E-state index in [1.54, 1.807) is 26.2 Å². The molecule has 5 fully saturated rings. The summed E-state index contributed by atoms with van der Waals surface area (Å²) in [6.45, 7) is 20.0. The first kappa shape index (κ1) is 39.9. The van der Waals surface area contributed by atoms with E-state index in [0.717, 1.165) is 69.2 Å². The van der Waals surface area contributed by atoms with Gasteiger partial charge in [-0.2, -0.15) is 0 Å². The molecule has 1 aromatic rings. The average Bonchev–Trinajstić information content (AvgIpc) is 3.79. The van der Waals surface area contributed by atoms with Gasteiger partial charge in [0.15, 0.2) is 5.78 Å². The van der Waals surface area contributed by atoms with Crippen molar-refractivity contribution in [1.29, 1.82) is 0 Å². The van der Waals surface area contributed by atoms with Crippen LogP contribution in [-0.2, 0) is 24.7 Å². The number of esters is 1. The lowest BCUT2D eigenvalue weighted by Crippen LogP contribution is -2.66. The Kier molecular flexibility index (Phi) is 9.86. The Balaban J connectivity index is 1.17. The molecule has 6 aliphatic rings. The molecule has 298 valence electrons. The minimum absolute atomic E-state index is 0.0156. The molecule has 0 aromatic carbocycles. The van der Waals surface area contributed by atoms with Crippen molar-refractivity contribution in [2.75, 3.05) is 6.54 Å². The number of hydrogen-bond donors (Lipinski definition) is 3. The van der Waals surface area contributed by atoms with Gasteiger partial charge in [0.05, 0.1) is 28.5 Å². The van der Waals surface area contributed by atoms with Crippen molar-refractivity contribution < 1.29 is 29.3 Å². The van der Waals surface area contributed by atoms with Crippen LogP contribution < -0.4 is 5.32 Å². The predicted molar refractivity (Wildman–Crippen MR) is 207 cm³/mol. The molecule has 54 heavy (non-hydrogen) atoms. The van der Waals surface area contributed by atoms with E-state index in [2.05, 4.69) is 63.8 Å². The van der Waals surface area contributed by atoms with Crippen LogP contribution in [0.3, 0.4) is 0 Å². The molecule has 0 saturated heterocycles. The highest BCUT2D eigenvalue weighted by atomic mass is 35.5. The number of halogens is 1. The zero-order valence-corrected chi connectivity index (χ0v) is 34.8. The largest absolute Gasteiger partial charge is 0.481 e. The van der Waals surface area contributed by atoms with Gasteiger partial charge in [-0.15, -0.1) is 0 Å². The van der Waals surface area contributed by atoms with Crippen LogP contribution in [0.1, 0.15) is 139 Å². The number of rotatable bonds is 10. The van der Waals surface area contributed by atoms with Crippen LogP contribution in [0.4, 0.5) is 0 Å². The average molecular weight is 766 g/mol. The van der Waals surface area contributed by atoms with Gasteiger partial charge < -0.3 is 20.3 Å². The van der Waals surface area contributed by atoms with Gasteiger partial charge >= 0.3 is 11.9 Å². The number of hydrogen-bond acceptors (Lipinski definition) is 8. The molecule has 0 bridgehead atoms. The maximum absolute atomic E-state index is 13.9. The lowest BCUT2D eigenvalue weighted by Gasteiger charge is -2.72. The van der Waals surface area contributed by atoms with E-state index in [4.69, 9.17) is 16.3 Å². The van der Waals surface area contributed by atoms with Crippen LogP contribution in [0.15, 0.2) is 23.5 Å². The molecule has 1 aromatic heterocycles. The zero-order valence-electron chi connectivity index (χ0n) is 34.1. The van der Waals surface area contributed by atoms with Gasteiger partial charge in [-0.25, -0.2) is 9.97 Å². The van der Waals surface area contributed by atoms with Crippen LogP contribution >= 0.6 is 11.6 Å². The molecule has 6 aliphatic carbocycles. The molecule has 7 rings (SSSR count). The summed E-state index contributed by atoms with van der Waals surface area (Å²) >= 11 is 6.10. The molecule has 10 atom stereocenters. The highest BCUT2D eigenvalue weighted by molar-refractivity contribution is 6.30. The first-order valence-electron chi connectivity index (χ1n) is 20.7. The van der Waals surface area contributed by atoms with Crippen molar-refractivity contribution in [2.24, 2.45) is 62.6 Å². The number of aromatic nitrogens is 2. The number of ketones is 1. The van der Waals surface area contributed by atoms with Gasteiger partial charge in [0.2, 0.25) is 0 Å². The topological polar surface area (TPSA) is 139 Å². The number of carbonyl (C=O) groups is 3. The summed E-state index contributed by atoms with van der Waals surface area (Å²) in [5.74, 6) is 0.826. The third-order valence-corrected chi connectivity index (χ3v) is 16.9. The maximum Gasteiger partial charge on any atom is 0.309 e. The molecule has 0 spiro atoms. The molecule has 1 heterocycles. The Morgan fingerprint density at radius 3 is 2.26 bits per heavy atom. The summed E-state index contributed by atoms with van der Waals surface area (Å²) in [6, 6.07) is 0. The highest BCUT2D eigenvalue weighted by Gasteiger charge is 2.70.